The van der Waals surface area contributed by atoms with Crippen LogP contribution in [0.2, 0.25) is 5.02 Å². The van der Waals surface area contributed by atoms with Crippen molar-refractivity contribution in [2.24, 2.45) is 0 Å². The van der Waals surface area contributed by atoms with Gasteiger partial charge in [-0.25, -0.2) is 4.98 Å². The maximum absolute atomic E-state index is 12.4. The maximum Gasteiger partial charge on any atom is 0.255 e. The molecule has 2 rings (SSSR count). The van der Waals surface area contributed by atoms with Gasteiger partial charge in [0.05, 0.1) is 10.6 Å². The second kappa shape index (κ2) is 5.92. The quantitative estimate of drug-likeness (QED) is 0.945. The minimum atomic E-state index is -0.175. The minimum absolute atomic E-state index is 0.175. The zero-order valence-corrected chi connectivity index (χ0v) is 12.2. The summed E-state index contributed by atoms with van der Waals surface area (Å²) in [6.45, 7) is 2.53. The van der Waals surface area contributed by atoms with Crippen LogP contribution in [0.3, 0.4) is 0 Å². The van der Waals surface area contributed by atoms with E-state index in [4.69, 9.17) is 17.3 Å². The standard InChI is InChI=1S/C15H16ClN3O/c1-10-4-3-5-11(6-10)9-19(2)15(20)12-7-14(17)18-8-13(12)16/h3-8H,9H2,1-2H3,(H2,17,18). The average molecular weight is 290 g/mol. The number of nitrogens with two attached hydrogens (primary N) is 1. The number of aromatic nitrogens is 1. The number of aryl methyl sites for hydroxylation is 1. The van der Waals surface area contributed by atoms with Crippen molar-refractivity contribution in [1.82, 2.24) is 9.88 Å². The number of hydrogen-bond donors (Lipinski definition) is 1. The van der Waals surface area contributed by atoms with Crippen molar-refractivity contribution < 1.29 is 4.79 Å². The van der Waals surface area contributed by atoms with Crippen molar-refractivity contribution in [1.29, 1.82) is 0 Å². The van der Waals surface area contributed by atoms with Gasteiger partial charge in [-0.2, -0.15) is 0 Å². The molecular formula is C15H16ClN3O. The molecule has 20 heavy (non-hydrogen) atoms. The Morgan fingerprint density at radius 3 is 2.85 bits per heavy atom. The summed E-state index contributed by atoms with van der Waals surface area (Å²) in [4.78, 5) is 17.8. The number of halogens is 1. The third-order valence-corrected chi connectivity index (χ3v) is 3.26. The van der Waals surface area contributed by atoms with Gasteiger partial charge in [0.25, 0.3) is 5.91 Å². The van der Waals surface area contributed by atoms with Crippen LogP contribution in [0.15, 0.2) is 36.5 Å². The fraction of sp³-hybridized carbons (Fsp3) is 0.200. The Morgan fingerprint density at radius 2 is 2.15 bits per heavy atom. The maximum atomic E-state index is 12.4. The van der Waals surface area contributed by atoms with Gasteiger partial charge in [-0.1, -0.05) is 41.4 Å². The van der Waals surface area contributed by atoms with E-state index in [9.17, 15) is 4.79 Å². The molecule has 1 aromatic carbocycles. The third kappa shape index (κ3) is 3.27. The molecule has 1 aromatic heterocycles. The Kier molecular flexibility index (Phi) is 4.25. The van der Waals surface area contributed by atoms with Gasteiger partial charge in [-0.15, -0.1) is 0 Å². The molecule has 0 aliphatic rings. The summed E-state index contributed by atoms with van der Waals surface area (Å²) >= 11 is 6.00. The highest BCUT2D eigenvalue weighted by Crippen LogP contribution is 2.19. The van der Waals surface area contributed by atoms with E-state index in [1.54, 1.807) is 11.9 Å². The zero-order valence-electron chi connectivity index (χ0n) is 11.4. The average Bonchev–Trinajstić information content (AvgIpc) is 2.40. The SMILES string of the molecule is Cc1cccc(CN(C)C(=O)c2cc(N)ncc2Cl)c1. The van der Waals surface area contributed by atoms with Gasteiger partial charge in [-0.3, -0.25) is 4.79 Å². The van der Waals surface area contributed by atoms with E-state index < -0.39 is 0 Å². The Labute approximate surface area is 123 Å². The lowest BCUT2D eigenvalue weighted by molar-refractivity contribution is 0.0785. The Hall–Kier alpha value is -2.07. The Bertz CT molecular complexity index is 643. The third-order valence-electron chi connectivity index (χ3n) is 2.96. The van der Waals surface area contributed by atoms with Crippen LogP contribution in [0.5, 0.6) is 0 Å². The van der Waals surface area contributed by atoms with Gasteiger partial charge >= 0.3 is 0 Å². The van der Waals surface area contributed by atoms with E-state index in [1.807, 2.05) is 31.2 Å². The van der Waals surface area contributed by atoms with Crippen LogP contribution < -0.4 is 5.73 Å². The number of anilines is 1. The fourth-order valence-corrected chi connectivity index (χ4v) is 2.16. The highest BCUT2D eigenvalue weighted by molar-refractivity contribution is 6.33. The first-order valence-electron chi connectivity index (χ1n) is 6.19. The van der Waals surface area contributed by atoms with Gasteiger partial charge in [0.15, 0.2) is 0 Å². The van der Waals surface area contributed by atoms with E-state index in [0.29, 0.717) is 17.1 Å². The first-order chi connectivity index (χ1) is 9.47. The minimum Gasteiger partial charge on any atom is -0.384 e. The number of pyridine rings is 1. The molecule has 0 unspecified atom stereocenters. The van der Waals surface area contributed by atoms with Crippen LogP contribution in [-0.2, 0) is 6.54 Å². The fourth-order valence-electron chi connectivity index (χ4n) is 1.98. The molecule has 0 bridgehead atoms. The van der Waals surface area contributed by atoms with Crippen LogP contribution in [0.1, 0.15) is 21.5 Å². The second-order valence-corrected chi connectivity index (χ2v) is 5.15. The van der Waals surface area contributed by atoms with Crippen molar-refractivity contribution in [3.05, 3.63) is 58.2 Å². The molecule has 0 spiro atoms. The summed E-state index contributed by atoms with van der Waals surface area (Å²) < 4.78 is 0. The Morgan fingerprint density at radius 1 is 1.40 bits per heavy atom. The largest absolute Gasteiger partial charge is 0.384 e. The molecule has 0 atom stereocenters. The number of carbonyl (C=O) groups is 1. The predicted octanol–water partition coefficient (Wildman–Crippen LogP) is 2.90. The molecule has 4 nitrogen and oxygen atoms in total. The van der Waals surface area contributed by atoms with Crippen LogP contribution in [0, 0.1) is 6.92 Å². The van der Waals surface area contributed by atoms with Gasteiger partial charge < -0.3 is 10.6 Å². The summed E-state index contributed by atoms with van der Waals surface area (Å²) in [7, 11) is 1.73. The number of nitrogens with zero attached hydrogens (tertiary/aromatic N) is 2. The van der Waals surface area contributed by atoms with E-state index >= 15 is 0 Å². The summed E-state index contributed by atoms with van der Waals surface area (Å²) in [6, 6.07) is 9.52. The van der Waals surface area contributed by atoms with Gasteiger partial charge in [0.2, 0.25) is 0 Å². The summed E-state index contributed by atoms with van der Waals surface area (Å²) in [5.74, 6) is 0.104. The molecular weight excluding hydrogens is 274 g/mol. The van der Waals surface area contributed by atoms with Crippen molar-refractivity contribution in [2.75, 3.05) is 12.8 Å². The van der Waals surface area contributed by atoms with Gasteiger partial charge in [0.1, 0.15) is 5.82 Å². The number of carbonyl (C=O) groups excluding carboxylic acids is 1. The summed E-state index contributed by atoms with van der Waals surface area (Å²) in [5, 5.41) is 0.306. The molecule has 0 fully saturated rings. The summed E-state index contributed by atoms with van der Waals surface area (Å²) in [6.07, 6.45) is 1.39. The highest BCUT2D eigenvalue weighted by Gasteiger charge is 2.16. The lowest BCUT2D eigenvalue weighted by Gasteiger charge is -2.18. The molecule has 104 valence electrons. The number of hydrogen-bond acceptors (Lipinski definition) is 3. The van der Waals surface area contributed by atoms with E-state index in [1.165, 1.54) is 12.3 Å². The van der Waals surface area contributed by atoms with E-state index in [-0.39, 0.29) is 11.7 Å². The van der Waals surface area contributed by atoms with Crippen LogP contribution in [0.4, 0.5) is 5.82 Å². The number of nitrogen functional groups attached to an aromatic ring is 1. The molecule has 0 saturated heterocycles. The number of amides is 1. The first-order valence-corrected chi connectivity index (χ1v) is 6.57. The molecule has 1 heterocycles. The zero-order chi connectivity index (χ0) is 14.7. The molecule has 1 amide bonds. The number of rotatable bonds is 3. The summed E-state index contributed by atoms with van der Waals surface area (Å²) in [5.41, 5.74) is 8.20. The topological polar surface area (TPSA) is 59.2 Å². The van der Waals surface area contributed by atoms with Crippen LogP contribution >= 0.6 is 11.6 Å². The monoisotopic (exact) mass is 289 g/mol. The predicted molar refractivity (Wildman–Crippen MR) is 80.6 cm³/mol. The lowest BCUT2D eigenvalue weighted by Crippen LogP contribution is -2.26. The van der Waals surface area contributed by atoms with Crippen molar-refractivity contribution >= 4 is 23.3 Å². The Balaban J connectivity index is 2.18. The van der Waals surface area contributed by atoms with Gasteiger partial charge in [0, 0.05) is 19.8 Å². The van der Waals surface area contributed by atoms with Crippen LogP contribution in [-0.4, -0.2) is 22.8 Å². The van der Waals surface area contributed by atoms with E-state index in [0.717, 1.165) is 11.1 Å². The second-order valence-electron chi connectivity index (χ2n) is 4.74. The molecule has 0 aliphatic carbocycles. The molecule has 0 saturated carbocycles. The van der Waals surface area contributed by atoms with E-state index in [2.05, 4.69) is 4.98 Å². The number of benzene rings is 1. The van der Waals surface area contributed by atoms with Crippen molar-refractivity contribution in [2.45, 2.75) is 13.5 Å². The molecule has 2 N–H and O–H groups in total. The normalized spacial score (nSPS) is 10.3. The molecule has 0 aliphatic heterocycles. The molecule has 0 radical (unpaired) electrons. The lowest BCUT2D eigenvalue weighted by atomic mass is 10.1. The van der Waals surface area contributed by atoms with Crippen LogP contribution in [0.25, 0.3) is 0 Å². The first kappa shape index (κ1) is 14.3. The molecule has 2 aromatic rings. The van der Waals surface area contributed by atoms with Crippen molar-refractivity contribution in [3.63, 3.8) is 0 Å². The highest BCUT2D eigenvalue weighted by atomic mass is 35.5. The molecule has 5 heteroatoms. The van der Waals surface area contributed by atoms with Crippen molar-refractivity contribution in [3.8, 4) is 0 Å². The van der Waals surface area contributed by atoms with Gasteiger partial charge in [-0.05, 0) is 18.6 Å². The smallest absolute Gasteiger partial charge is 0.255 e.